The zero-order chi connectivity index (χ0) is 30.9. The number of benzene rings is 3. The number of fused-ring (bicyclic) bond motifs is 1. The van der Waals surface area contributed by atoms with Gasteiger partial charge in [0, 0.05) is 42.5 Å². The van der Waals surface area contributed by atoms with E-state index >= 15 is 0 Å². The fourth-order valence-corrected chi connectivity index (χ4v) is 5.73. The number of ether oxygens (including phenoxy) is 2. The van der Waals surface area contributed by atoms with E-state index in [9.17, 15) is 18.8 Å². The molecule has 0 unspecified atom stereocenters. The van der Waals surface area contributed by atoms with Crippen LogP contribution in [0.2, 0.25) is 5.02 Å². The van der Waals surface area contributed by atoms with Gasteiger partial charge >= 0.3 is 0 Å². The molecule has 0 atom stereocenters. The Hall–Kier alpha value is -3.87. The molecule has 2 N–H and O–H groups in total. The molecule has 0 fully saturated rings. The Morgan fingerprint density at radius 2 is 1.72 bits per heavy atom. The van der Waals surface area contributed by atoms with Crippen molar-refractivity contribution in [2.75, 3.05) is 29.2 Å². The molecule has 0 bridgehead atoms. The highest BCUT2D eigenvalue weighted by atomic mass is 35.5. The molecular formula is C30H28ClFN4O5S2. The molecule has 0 aliphatic heterocycles. The van der Waals surface area contributed by atoms with Crippen LogP contribution in [-0.2, 0) is 21.0 Å². The Morgan fingerprint density at radius 1 is 0.977 bits per heavy atom. The molecule has 1 amide bonds. The van der Waals surface area contributed by atoms with Gasteiger partial charge in [0.1, 0.15) is 36.1 Å². The van der Waals surface area contributed by atoms with Crippen LogP contribution in [-0.4, -0.2) is 44.7 Å². The maximum Gasteiger partial charge on any atom is 0.229 e. The second-order valence-electron chi connectivity index (χ2n) is 9.27. The summed E-state index contributed by atoms with van der Waals surface area (Å²) in [6, 6.07) is 14.6. The van der Waals surface area contributed by atoms with Crippen LogP contribution in [0.15, 0.2) is 60.9 Å². The van der Waals surface area contributed by atoms with Gasteiger partial charge in [-0.2, -0.15) is 0 Å². The monoisotopic (exact) mass is 642 g/mol. The van der Waals surface area contributed by atoms with Crippen molar-refractivity contribution >= 4 is 79.4 Å². The second kappa shape index (κ2) is 15.0. The van der Waals surface area contributed by atoms with E-state index in [2.05, 4.69) is 20.6 Å². The van der Waals surface area contributed by atoms with Crippen LogP contribution in [0.4, 0.5) is 21.6 Å². The number of hydrogen-bond donors (Lipinski definition) is 2. The number of halogens is 2. The number of amides is 1. The van der Waals surface area contributed by atoms with Gasteiger partial charge in [-0.15, -0.1) is 0 Å². The molecule has 0 saturated heterocycles. The fourth-order valence-electron chi connectivity index (χ4n) is 3.94. The zero-order valence-corrected chi connectivity index (χ0v) is 25.9. The van der Waals surface area contributed by atoms with Crippen molar-refractivity contribution in [2.45, 2.75) is 20.5 Å². The molecule has 1 aromatic heterocycles. The molecule has 224 valence electrons. The lowest BCUT2D eigenvalue weighted by Gasteiger charge is -2.18. The number of thioether (sulfide) groups is 2. The lowest BCUT2D eigenvalue weighted by atomic mass is 10.1. The summed E-state index contributed by atoms with van der Waals surface area (Å²) in [5.74, 6) is 0.422. The van der Waals surface area contributed by atoms with Gasteiger partial charge in [-0.05, 0) is 42.0 Å². The summed E-state index contributed by atoms with van der Waals surface area (Å²) in [6.45, 7) is 3.01. The number of nitrogens with zero attached hydrogens (tertiary/aromatic N) is 2. The van der Waals surface area contributed by atoms with Crippen molar-refractivity contribution in [2.24, 2.45) is 5.92 Å². The molecule has 4 rings (SSSR count). The average Bonchev–Trinajstić information content (AvgIpc) is 2.96. The summed E-state index contributed by atoms with van der Waals surface area (Å²) in [4.78, 5) is 45.0. The van der Waals surface area contributed by atoms with Gasteiger partial charge in [0.2, 0.25) is 5.91 Å². The van der Waals surface area contributed by atoms with Crippen LogP contribution < -0.4 is 20.1 Å². The predicted molar refractivity (Wildman–Crippen MR) is 170 cm³/mol. The van der Waals surface area contributed by atoms with Crippen LogP contribution in [0.25, 0.3) is 10.9 Å². The highest BCUT2D eigenvalue weighted by Gasteiger charge is 2.22. The maximum absolute atomic E-state index is 13.5. The van der Waals surface area contributed by atoms with Crippen LogP contribution in [0.5, 0.6) is 11.5 Å². The third-order valence-electron chi connectivity index (χ3n) is 6.04. The van der Waals surface area contributed by atoms with Gasteiger partial charge in [-0.3, -0.25) is 14.4 Å². The van der Waals surface area contributed by atoms with Crippen molar-refractivity contribution in [3.63, 3.8) is 0 Å². The van der Waals surface area contributed by atoms with Crippen LogP contribution in [0, 0.1) is 11.7 Å². The Labute approximate surface area is 261 Å². The number of aromatic nitrogens is 2. The number of rotatable bonds is 12. The lowest BCUT2D eigenvalue weighted by Crippen LogP contribution is -2.27. The van der Waals surface area contributed by atoms with E-state index in [1.54, 1.807) is 42.5 Å². The Morgan fingerprint density at radius 3 is 2.37 bits per heavy atom. The molecule has 43 heavy (non-hydrogen) atoms. The Balaban J connectivity index is 1.55. The van der Waals surface area contributed by atoms with Gasteiger partial charge in [0.15, 0.2) is 10.2 Å². The first kappa shape index (κ1) is 32.1. The standard InChI is InChI=1S/C30H28ClFN4O5S2/c1-17(37)42-14-20(15-43-18(2)38)30(39)36-26-11-23-25(12-28(26)40-3)33-16-34-29(23)35-22-7-8-27(24(31)10-22)41-13-19-5-4-6-21(32)9-19/h4-12,16,20H,13-15H2,1-3H3,(H,36,39)(H,33,34,35). The molecule has 9 nitrogen and oxygen atoms in total. The molecule has 0 radical (unpaired) electrons. The summed E-state index contributed by atoms with van der Waals surface area (Å²) in [5, 5.41) is 6.81. The average molecular weight is 643 g/mol. The first-order chi connectivity index (χ1) is 20.6. The first-order valence-electron chi connectivity index (χ1n) is 13.0. The van der Waals surface area contributed by atoms with E-state index in [1.807, 2.05) is 0 Å². The van der Waals surface area contributed by atoms with E-state index < -0.39 is 5.92 Å². The zero-order valence-electron chi connectivity index (χ0n) is 23.5. The summed E-state index contributed by atoms with van der Waals surface area (Å²) in [7, 11) is 1.48. The molecule has 13 heteroatoms. The fraction of sp³-hybridized carbons (Fsp3) is 0.233. The van der Waals surface area contributed by atoms with Crippen molar-refractivity contribution in [3.05, 3.63) is 77.3 Å². The minimum absolute atomic E-state index is 0.118. The van der Waals surface area contributed by atoms with Gasteiger partial charge in [-0.1, -0.05) is 47.3 Å². The molecule has 3 aromatic carbocycles. The van der Waals surface area contributed by atoms with E-state index in [0.29, 0.717) is 50.2 Å². The third-order valence-corrected chi connectivity index (χ3v) is 8.29. The molecule has 0 aliphatic carbocycles. The smallest absolute Gasteiger partial charge is 0.229 e. The molecule has 0 saturated carbocycles. The predicted octanol–water partition coefficient (Wildman–Crippen LogP) is 6.87. The number of methoxy groups -OCH3 is 1. The normalized spacial score (nSPS) is 10.9. The minimum atomic E-state index is -0.600. The molecular weight excluding hydrogens is 615 g/mol. The van der Waals surface area contributed by atoms with Crippen molar-refractivity contribution in [1.29, 1.82) is 0 Å². The van der Waals surface area contributed by atoms with Crippen molar-refractivity contribution < 1.29 is 28.2 Å². The van der Waals surface area contributed by atoms with Gasteiger partial charge < -0.3 is 20.1 Å². The molecule has 4 aromatic rings. The lowest BCUT2D eigenvalue weighted by molar-refractivity contribution is -0.118. The molecule has 0 spiro atoms. The number of nitrogens with one attached hydrogen (secondary N) is 2. The quantitative estimate of drug-likeness (QED) is 0.169. The van der Waals surface area contributed by atoms with Crippen molar-refractivity contribution in [1.82, 2.24) is 9.97 Å². The summed E-state index contributed by atoms with van der Waals surface area (Å²) < 4.78 is 24.7. The first-order valence-corrected chi connectivity index (χ1v) is 15.3. The van der Waals surface area contributed by atoms with E-state index in [0.717, 1.165) is 23.5 Å². The van der Waals surface area contributed by atoms with Gasteiger partial charge in [0.05, 0.1) is 29.3 Å². The highest BCUT2D eigenvalue weighted by Crippen LogP contribution is 2.35. The largest absolute Gasteiger partial charge is 0.494 e. The van der Waals surface area contributed by atoms with Crippen LogP contribution in [0.1, 0.15) is 19.4 Å². The summed E-state index contributed by atoms with van der Waals surface area (Å²) >= 11 is 8.53. The van der Waals surface area contributed by atoms with Gasteiger partial charge in [-0.25, -0.2) is 14.4 Å². The minimum Gasteiger partial charge on any atom is -0.494 e. The Kier molecular flexibility index (Phi) is 11.2. The molecule has 1 heterocycles. The topological polar surface area (TPSA) is 120 Å². The van der Waals surface area contributed by atoms with Crippen LogP contribution in [0.3, 0.4) is 0 Å². The second-order valence-corrected chi connectivity index (χ2v) is 12.1. The van der Waals surface area contributed by atoms with E-state index in [4.69, 9.17) is 21.1 Å². The Bertz CT molecular complexity index is 1640. The van der Waals surface area contributed by atoms with Crippen molar-refractivity contribution in [3.8, 4) is 11.5 Å². The summed E-state index contributed by atoms with van der Waals surface area (Å²) in [6.07, 6.45) is 1.40. The number of anilines is 3. The number of hydrogen-bond acceptors (Lipinski definition) is 10. The number of carbonyl (C=O) groups excluding carboxylic acids is 3. The maximum atomic E-state index is 13.5. The molecule has 0 aliphatic rings. The van der Waals surface area contributed by atoms with E-state index in [1.165, 1.54) is 39.4 Å². The summed E-state index contributed by atoms with van der Waals surface area (Å²) in [5.41, 5.74) is 2.23. The van der Waals surface area contributed by atoms with Gasteiger partial charge in [0.25, 0.3) is 0 Å². The third kappa shape index (κ3) is 9.06. The number of carbonyl (C=O) groups is 3. The van der Waals surface area contributed by atoms with E-state index in [-0.39, 0.29) is 40.1 Å². The highest BCUT2D eigenvalue weighted by molar-refractivity contribution is 8.14. The van der Waals surface area contributed by atoms with Crippen LogP contribution >= 0.6 is 35.1 Å². The SMILES string of the molecule is COc1cc2ncnc(Nc3ccc(OCc4cccc(F)c4)c(Cl)c3)c2cc1NC(=O)C(CSC(C)=O)CSC(C)=O.